The molecule has 0 spiro atoms. The highest BCUT2D eigenvalue weighted by Crippen LogP contribution is 2.24. The van der Waals surface area contributed by atoms with Gasteiger partial charge in [-0.05, 0) is 11.6 Å². The first-order chi connectivity index (χ1) is 6.42. The van der Waals surface area contributed by atoms with Crippen molar-refractivity contribution >= 4 is 11.8 Å². The molecule has 0 radical (unpaired) electrons. The molecule has 2 rings (SSSR count). The zero-order valence-corrected chi connectivity index (χ0v) is 7.48. The average Bonchev–Trinajstić information content (AvgIpc) is 2.19. The van der Waals surface area contributed by atoms with Gasteiger partial charge in [0.25, 0.3) is 0 Å². The van der Waals surface area contributed by atoms with Crippen molar-refractivity contribution < 1.29 is 5.11 Å². The predicted molar refractivity (Wildman–Crippen MR) is 54.8 cm³/mol. The van der Waals surface area contributed by atoms with Crippen LogP contribution in [0.4, 0.5) is 5.69 Å². The molecule has 0 fully saturated rings. The maximum atomic E-state index is 8.88. The Morgan fingerprint density at radius 3 is 3.00 bits per heavy atom. The van der Waals surface area contributed by atoms with E-state index in [2.05, 4.69) is 29.2 Å². The second-order valence-corrected chi connectivity index (χ2v) is 3.13. The lowest BCUT2D eigenvalue weighted by atomic mass is 10.1. The molecule has 0 atom stereocenters. The molecule has 1 heterocycles. The molecule has 0 aromatic heterocycles. The zero-order valence-electron chi connectivity index (χ0n) is 7.48. The quantitative estimate of drug-likeness (QED) is 0.736. The van der Waals surface area contributed by atoms with Gasteiger partial charge in [0.1, 0.15) is 0 Å². The number of anilines is 1. The summed E-state index contributed by atoms with van der Waals surface area (Å²) in [6.45, 7) is 1.82. The van der Waals surface area contributed by atoms with Crippen molar-refractivity contribution in [2.24, 2.45) is 0 Å². The van der Waals surface area contributed by atoms with Crippen LogP contribution >= 0.6 is 0 Å². The smallest absolute Gasteiger partial charge is 0.0606 e. The fraction of sp³-hybridized carbons (Fsp3) is 0.273. The topological polar surface area (TPSA) is 23.5 Å². The van der Waals surface area contributed by atoms with Crippen molar-refractivity contribution in [3.63, 3.8) is 0 Å². The summed E-state index contributed by atoms with van der Waals surface area (Å²) in [5.74, 6) is 0. The van der Waals surface area contributed by atoms with Crippen molar-refractivity contribution in [2.45, 2.75) is 0 Å². The number of β-amino-alcohol motifs (C(OH)–C–C–N with tert-alkyl or cyclic N) is 1. The van der Waals surface area contributed by atoms with E-state index in [-0.39, 0.29) is 6.61 Å². The van der Waals surface area contributed by atoms with E-state index in [1.165, 1.54) is 11.3 Å². The van der Waals surface area contributed by atoms with E-state index in [0.717, 1.165) is 6.54 Å². The Morgan fingerprint density at radius 2 is 2.15 bits per heavy atom. The van der Waals surface area contributed by atoms with Gasteiger partial charge >= 0.3 is 0 Å². The van der Waals surface area contributed by atoms with Crippen LogP contribution < -0.4 is 4.90 Å². The third-order valence-electron chi connectivity index (χ3n) is 2.27. The van der Waals surface area contributed by atoms with Gasteiger partial charge in [-0.15, -0.1) is 0 Å². The Labute approximate surface area is 78.1 Å². The lowest BCUT2D eigenvalue weighted by molar-refractivity contribution is 0.303. The lowest BCUT2D eigenvalue weighted by Crippen LogP contribution is -2.28. The van der Waals surface area contributed by atoms with E-state index in [1.54, 1.807) is 0 Å². The summed E-state index contributed by atoms with van der Waals surface area (Å²) in [6, 6.07) is 8.25. The molecule has 2 heteroatoms. The molecule has 13 heavy (non-hydrogen) atoms. The van der Waals surface area contributed by atoms with Crippen LogP contribution in [0.1, 0.15) is 5.56 Å². The summed E-state index contributed by atoms with van der Waals surface area (Å²) >= 11 is 0. The standard InChI is InChI=1S/C11H13NO/c13-9-8-12-7-3-5-10-4-1-2-6-11(10)12/h1-6,13H,7-9H2. The highest BCUT2D eigenvalue weighted by atomic mass is 16.3. The van der Waals surface area contributed by atoms with Gasteiger partial charge in [-0.1, -0.05) is 30.4 Å². The lowest BCUT2D eigenvalue weighted by Gasteiger charge is -2.27. The summed E-state index contributed by atoms with van der Waals surface area (Å²) in [4.78, 5) is 2.18. The third-order valence-corrected chi connectivity index (χ3v) is 2.27. The maximum absolute atomic E-state index is 8.88. The monoisotopic (exact) mass is 175 g/mol. The highest BCUT2D eigenvalue weighted by molar-refractivity contribution is 5.71. The number of aliphatic hydroxyl groups is 1. The molecule has 0 bridgehead atoms. The minimum Gasteiger partial charge on any atom is -0.395 e. The van der Waals surface area contributed by atoms with Crippen molar-refractivity contribution in [1.82, 2.24) is 0 Å². The van der Waals surface area contributed by atoms with Crippen LogP contribution in [-0.4, -0.2) is 24.8 Å². The normalized spacial score (nSPS) is 14.4. The number of aliphatic hydroxyl groups excluding tert-OH is 1. The molecule has 1 N–H and O–H groups in total. The van der Waals surface area contributed by atoms with Gasteiger partial charge in [-0.2, -0.15) is 0 Å². The summed E-state index contributed by atoms with van der Waals surface area (Å²) in [7, 11) is 0. The third kappa shape index (κ3) is 1.58. The molecular weight excluding hydrogens is 162 g/mol. The first kappa shape index (κ1) is 8.32. The van der Waals surface area contributed by atoms with Gasteiger partial charge in [0.2, 0.25) is 0 Å². The van der Waals surface area contributed by atoms with Gasteiger partial charge in [-0.25, -0.2) is 0 Å². The van der Waals surface area contributed by atoms with Gasteiger partial charge < -0.3 is 10.0 Å². The van der Waals surface area contributed by atoms with Crippen molar-refractivity contribution in [1.29, 1.82) is 0 Å². The average molecular weight is 175 g/mol. The van der Waals surface area contributed by atoms with E-state index < -0.39 is 0 Å². The number of para-hydroxylation sites is 1. The fourth-order valence-corrected chi connectivity index (χ4v) is 1.65. The molecular formula is C11H13NO. The van der Waals surface area contributed by atoms with Crippen LogP contribution in [0.25, 0.3) is 6.08 Å². The molecule has 0 saturated heterocycles. The Balaban J connectivity index is 2.32. The molecule has 2 nitrogen and oxygen atoms in total. The predicted octanol–water partition coefficient (Wildman–Crippen LogP) is 1.51. The number of fused-ring (bicyclic) bond motifs is 1. The fourth-order valence-electron chi connectivity index (χ4n) is 1.65. The number of hydrogen-bond acceptors (Lipinski definition) is 2. The van der Waals surface area contributed by atoms with E-state index >= 15 is 0 Å². The first-order valence-corrected chi connectivity index (χ1v) is 4.53. The van der Waals surface area contributed by atoms with Gasteiger partial charge in [0.05, 0.1) is 6.61 Å². The molecule has 1 aromatic carbocycles. The Kier molecular flexibility index (Phi) is 2.32. The van der Waals surface area contributed by atoms with Crippen molar-refractivity contribution in [3.8, 4) is 0 Å². The van der Waals surface area contributed by atoms with Crippen LogP contribution in [0.5, 0.6) is 0 Å². The van der Waals surface area contributed by atoms with E-state index in [4.69, 9.17) is 5.11 Å². The van der Waals surface area contributed by atoms with Crippen LogP contribution in [0.3, 0.4) is 0 Å². The minimum absolute atomic E-state index is 0.210. The second kappa shape index (κ2) is 3.62. The summed E-state index contributed by atoms with van der Waals surface area (Å²) < 4.78 is 0. The molecule has 1 aromatic rings. The summed E-state index contributed by atoms with van der Waals surface area (Å²) in [5.41, 5.74) is 2.46. The Hall–Kier alpha value is -1.28. The van der Waals surface area contributed by atoms with Crippen LogP contribution in [0.2, 0.25) is 0 Å². The molecule has 1 aliphatic heterocycles. The number of benzene rings is 1. The largest absolute Gasteiger partial charge is 0.395 e. The van der Waals surface area contributed by atoms with Gasteiger partial charge in [0.15, 0.2) is 0 Å². The number of rotatable bonds is 2. The SMILES string of the molecule is OCCN1CC=Cc2ccccc21. The Morgan fingerprint density at radius 1 is 1.31 bits per heavy atom. The highest BCUT2D eigenvalue weighted by Gasteiger charge is 2.10. The van der Waals surface area contributed by atoms with Crippen molar-refractivity contribution in [3.05, 3.63) is 35.9 Å². The molecule has 0 unspecified atom stereocenters. The first-order valence-electron chi connectivity index (χ1n) is 4.53. The van der Waals surface area contributed by atoms with E-state index in [9.17, 15) is 0 Å². The number of nitrogens with zero attached hydrogens (tertiary/aromatic N) is 1. The van der Waals surface area contributed by atoms with E-state index in [1.807, 2.05) is 12.1 Å². The molecule has 0 amide bonds. The number of hydrogen-bond donors (Lipinski definition) is 1. The summed E-state index contributed by atoms with van der Waals surface area (Å²) in [5, 5.41) is 8.88. The zero-order chi connectivity index (χ0) is 9.10. The summed E-state index contributed by atoms with van der Waals surface area (Å²) in [6.07, 6.45) is 4.25. The van der Waals surface area contributed by atoms with Crippen LogP contribution in [0, 0.1) is 0 Å². The van der Waals surface area contributed by atoms with E-state index in [0.29, 0.717) is 6.54 Å². The maximum Gasteiger partial charge on any atom is 0.0606 e. The van der Waals surface area contributed by atoms with Crippen LogP contribution in [-0.2, 0) is 0 Å². The molecule has 0 saturated carbocycles. The second-order valence-electron chi connectivity index (χ2n) is 3.13. The molecule has 1 aliphatic rings. The Bertz CT molecular complexity index is 320. The van der Waals surface area contributed by atoms with Crippen LogP contribution in [0.15, 0.2) is 30.3 Å². The molecule has 68 valence electrons. The van der Waals surface area contributed by atoms with Gasteiger partial charge in [0, 0.05) is 18.8 Å². The molecule has 0 aliphatic carbocycles. The van der Waals surface area contributed by atoms with Crippen molar-refractivity contribution in [2.75, 3.05) is 24.6 Å². The van der Waals surface area contributed by atoms with Gasteiger partial charge in [-0.3, -0.25) is 0 Å². The minimum atomic E-state index is 0.210.